The van der Waals surface area contributed by atoms with E-state index in [0.29, 0.717) is 5.82 Å². The van der Waals surface area contributed by atoms with Crippen LogP contribution in [0.2, 0.25) is 0 Å². The average Bonchev–Trinajstić information content (AvgIpc) is 3.79. The Morgan fingerprint density at radius 1 is 0.346 bits per heavy atom. The van der Waals surface area contributed by atoms with E-state index >= 15 is 0 Å². The average molecular weight is 666 g/mol. The molecule has 0 aliphatic heterocycles. The standard InChI is InChI=1S/C47H27N3O2/c1-3-13-28(14-4-1)36-27-37(30-19-12-24-40-42(30)31-17-7-9-22-38(31)51-40)49-47(48-36)35-21-11-20-33-43-34(45(50-46(33)35)29-15-5-2-6-16-29)25-26-41-44(43)32-18-8-10-23-39(32)52-41/h1-27H. The highest BCUT2D eigenvalue weighted by molar-refractivity contribution is 6.29. The normalized spacial score (nSPS) is 11.8. The second-order valence-corrected chi connectivity index (χ2v) is 13.1. The molecule has 242 valence electrons. The lowest BCUT2D eigenvalue weighted by Crippen LogP contribution is -1.98. The van der Waals surface area contributed by atoms with Crippen molar-refractivity contribution in [3.63, 3.8) is 0 Å². The molecule has 5 nitrogen and oxygen atoms in total. The van der Waals surface area contributed by atoms with E-state index in [2.05, 4.69) is 97.1 Å². The third-order valence-corrected chi connectivity index (χ3v) is 10.1. The van der Waals surface area contributed by atoms with E-state index in [0.717, 1.165) is 105 Å². The van der Waals surface area contributed by atoms with E-state index in [9.17, 15) is 0 Å². The Balaban J connectivity index is 1.26. The lowest BCUT2D eigenvalue weighted by molar-refractivity contribution is 0.668. The minimum atomic E-state index is 0.599. The van der Waals surface area contributed by atoms with Crippen LogP contribution in [0.25, 0.3) is 111 Å². The van der Waals surface area contributed by atoms with E-state index in [1.54, 1.807) is 0 Å². The molecule has 0 atom stereocenters. The number of fused-ring (bicyclic) bond motifs is 10. The molecule has 0 aliphatic rings. The summed E-state index contributed by atoms with van der Waals surface area (Å²) in [5.41, 5.74) is 10.6. The molecule has 0 N–H and O–H groups in total. The number of para-hydroxylation sites is 3. The Bertz CT molecular complexity index is 3180. The first-order chi connectivity index (χ1) is 25.8. The summed E-state index contributed by atoms with van der Waals surface area (Å²) in [7, 11) is 0. The molecular weight excluding hydrogens is 639 g/mol. The third kappa shape index (κ3) is 4.33. The molecule has 0 radical (unpaired) electrons. The van der Waals surface area contributed by atoms with Crippen molar-refractivity contribution in [2.45, 2.75) is 0 Å². The zero-order chi connectivity index (χ0) is 34.2. The van der Waals surface area contributed by atoms with Gasteiger partial charge in [0.2, 0.25) is 0 Å². The van der Waals surface area contributed by atoms with Crippen molar-refractivity contribution in [3.05, 3.63) is 164 Å². The summed E-state index contributed by atoms with van der Waals surface area (Å²) < 4.78 is 12.7. The van der Waals surface area contributed by atoms with Crippen LogP contribution in [-0.2, 0) is 0 Å². The number of pyridine rings is 1. The van der Waals surface area contributed by atoms with Gasteiger partial charge in [-0.3, -0.25) is 0 Å². The van der Waals surface area contributed by atoms with Crippen molar-refractivity contribution in [3.8, 4) is 45.2 Å². The summed E-state index contributed by atoms with van der Waals surface area (Å²) >= 11 is 0. The fourth-order valence-corrected chi connectivity index (χ4v) is 7.78. The topological polar surface area (TPSA) is 65.0 Å². The zero-order valence-electron chi connectivity index (χ0n) is 27.7. The SMILES string of the molecule is c1ccc(-c2cc(-c3cccc4oc5ccccc5c34)nc(-c3cccc4c3nc(-c3ccccc3)c3ccc5oc6ccccc6c5c34)n2)cc1. The van der Waals surface area contributed by atoms with Gasteiger partial charge < -0.3 is 8.83 Å². The fraction of sp³-hybridized carbons (Fsp3) is 0. The van der Waals surface area contributed by atoms with Crippen LogP contribution >= 0.6 is 0 Å². The van der Waals surface area contributed by atoms with Crippen LogP contribution in [0.15, 0.2) is 173 Å². The monoisotopic (exact) mass is 665 g/mol. The summed E-state index contributed by atoms with van der Waals surface area (Å²) in [6.07, 6.45) is 0. The van der Waals surface area contributed by atoms with Crippen LogP contribution < -0.4 is 0 Å². The predicted molar refractivity (Wildman–Crippen MR) is 211 cm³/mol. The lowest BCUT2D eigenvalue weighted by atomic mass is 9.94. The first-order valence-corrected chi connectivity index (χ1v) is 17.4. The lowest BCUT2D eigenvalue weighted by Gasteiger charge is -2.15. The molecule has 7 aromatic carbocycles. The van der Waals surface area contributed by atoms with Gasteiger partial charge in [-0.15, -0.1) is 0 Å². The van der Waals surface area contributed by atoms with Gasteiger partial charge in [-0.1, -0.05) is 121 Å². The van der Waals surface area contributed by atoms with Crippen molar-refractivity contribution >= 4 is 65.6 Å². The minimum absolute atomic E-state index is 0.599. The first kappa shape index (κ1) is 28.7. The maximum atomic E-state index is 6.41. The molecule has 5 heteroatoms. The van der Waals surface area contributed by atoms with Gasteiger partial charge in [0, 0.05) is 60.0 Å². The minimum Gasteiger partial charge on any atom is -0.456 e. The Labute approximate surface area is 297 Å². The van der Waals surface area contributed by atoms with Gasteiger partial charge in [0.1, 0.15) is 22.3 Å². The highest BCUT2D eigenvalue weighted by Gasteiger charge is 2.21. The summed E-state index contributed by atoms with van der Waals surface area (Å²) in [5.74, 6) is 0.599. The number of hydrogen-bond donors (Lipinski definition) is 0. The molecule has 4 heterocycles. The van der Waals surface area contributed by atoms with E-state index in [1.807, 2.05) is 66.7 Å². The number of aromatic nitrogens is 3. The van der Waals surface area contributed by atoms with Crippen molar-refractivity contribution in [1.29, 1.82) is 0 Å². The smallest absolute Gasteiger partial charge is 0.162 e. The molecule has 11 aromatic rings. The van der Waals surface area contributed by atoms with Crippen LogP contribution in [-0.4, -0.2) is 15.0 Å². The summed E-state index contributed by atoms with van der Waals surface area (Å²) in [6, 6.07) is 55.9. The molecule has 0 amide bonds. The summed E-state index contributed by atoms with van der Waals surface area (Å²) in [6.45, 7) is 0. The largest absolute Gasteiger partial charge is 0.456 e. The number of nitrogens with zero attached hydrogens (tertiary/aromatic N) is 3. The molecule has 0 fully saturated rings. The van der Waals surface area contributed by atoms with Gasteiger partial charge >= 0.3 is 0 Å². The summed E-state index contributed by atoms with van der Waals surface area (Å²) in [4.78, 5) is 16.1. The predicted octanol–water partition coefficient (Wildman–Crippen LogP) is 12.6. The van der Waals surface area contributed by atoms with E-state index in [-0.39, 0.29) is 0 Å². The Kier molecular flexibility index (Phi) is 6.18. The van der Waals surface area contributed by atoms with Crippen molar-refractivity contribution in [2.24, 2.45) is 0 Å². The maximum absolute atomic E-state index is 6.41. The van der Waals surface area contributed by atoms with E-state index < -0.39 is 0 Å². The highest BCUT2D eigenvalue weighted by Crippen LogP contribution is 2.43. The second-order valence-electron chi connectivity index (χ2n) is 13.1. The zero-order valence-corrected chi connectivity index (χ0v) is 27.7. The second kappa shape index (κ2) is 11.2. The molecule has 0 spiro atoms. The van der Waals surface area contributed by atoms with Gasteiger partial charge in [0.05, 0.1) is 22.6 Å². The van der Waals surface area contributed by atoms with E-state index in [4.69, 9.17) is 23.8 Å². The number of furan rings is 2. The Hall–Kier alpha value is -7.11. The van der Waals surface area contributed by atoms with Gasteiger partial charge in [0.25, 0.3) is 0 Å². The fourth-order valence-electron chi connectivity index (χ4n) is 7.78. The number of rotatable bonds is 4. The van der Waals surface area contributed by atoms with Gasteiger partial charge in [-0.2, -0.15) is 0 Å². The molecule has 4 aromatic heterocycles. The van der Waals surface area contributed by atoms with Gasteiger partial charge in [0.15, 0.2) is 5.82 Å². The molecule has 11 rings (SSSR count). The van der Waals surface area contributed by atoms with Crippen LogP contribution in [0.4, 0.5) is 0 Å². The van der Waals surface area contributed by atoms with Gasteiger partial charge in [-0.25, -0.2) is 15.0 Å². The molecule has 0 saturated heterocycles. The van der Waals surface area contributed by atoms with Crippen molar-refractivity contribution in [1.82, 2.24) is 15.0 Å². The van der Waals surface area contributed by atoms with Crippen molar-refractivity contribution < 1.29 is 8.83 Å². The van der Waals surface area contributed by atoms with Crippen LogP contribution in [0.5, 0.6) is 0 Å². The van der Waals surface area contributed by atoms with Gasteiger partial charge in [-0.05, 0) is 42.5 Å². The maximum Gasteiger partial charge on any atom is 0.162 e. The van der Waals surface area contributed by atoms with Crippen LogP contribution in [0.3, 0.4) is 0 Å². The number of hydrogen-bond acceptors (Lipinski definition) is 5. The van der Waals surface area contributed by atoms with Crippen LogP contribution in [0, 0.1) is 0 Å². The molecule has 0 saturated carbocycles. The first-order valence-electron chi connectivity index (χ1n) is 17.4. The quantitative estimate of drug-likeness (QED) is 0.175. The highest BCUT2D eigenvalue weighted by atomic mass is 16.3. The van der Waals surface area contributed by atoms with Crippen molar-refractivity contribution in [2.75, 3.05) is 0 Å². The molecule has 52 heavy (non-hydrogen) atoms. The molecule has 0 aliphatic carbocycles. The molecule has 0 unspecified atom stereocenters. The molecule has 0 bridgehead atoms. The van der Waals surface area contributed by atoms with Crippen LogP contribution in [0.1, 0.15) is 0 Å². The number of benzene rings is 7. The Morgan fingerprint density at radius 3 is 1.69 bits per heavy atom. The summed E-state index contributed by atoms with van der Waals surface area (Å²) in [5, 5.41) is 7.41. The third-order valence-electron chi connectivity index (χ3n) is 10.1. The van der Waals surface area contributed by atoms with E-state index in [1.165, 1.54) is 0 Å². The Morgan fingerprint density at radius 2 is 0.923 bits per heavy atom. The molecular formula is C47H27N3O2.